The molecular formula is C17H21NO3. The summed E-state index contributed by atoms with van der Waals surface area (Å²) in [4.78, 5) is 25.1. The minimum absolute atomic E-state index is 0.173. The molecule has 1 unspecified atom stereocenters. The highest BCUT2D eigenvalue weighted by atomic mass is 16.3. The van der Waals surface area contributed by atoms with Crippen molar-refractivity contribution < 1.29 is 14.7 Å². The molecule has 2 aliphatic rings. The van der Waals surface area contributed by atoms with E-state index in [0.717, 1.165) is 24.0 Å². The van der Waals surface area contributed by atoms with E-state index >= 15 is 0 Å². The van der Waals surface area contributed by atoms with Crippen molar-refractivity contribution in [2.24, 2.45) is 5.92 Å². The van der Waals surface area contributed by atoms with Crippen LogP contribution in [0.3, 0.4) is 0 Å². The molecule has 3 rings (SSSR count). The summed E-state index contributed by atoms with van der Waals surface area (Å²) in [5.74, 6) is -0.151. The van der Waals surface area contributed by atoms with E-state index in [1.165, 1.54) is 31.2 Å². The number of imide groups is 1. The minimum Gasteiger partial charge on any atom is -0.388 e. The van der Waals surface area contributed by atoms with Gasteiger partial charge in [0.25, 0.3) is 5.91 Å². The Bertz CT molecular complexity index is 575. The van der Waals surface area contributed by atoms with Crippen LogP contribution in [0.4, 0.5) is 0 Å². The first-order chi connectivity index (χ1) is 10.1. The van der Waals surface area contributed by atoms with Crippen molar-refractivity contribution in [2.45, 2.75) is 44.6 Å². The molecule has 4 heteroatoms. The van der Waals surface area contributed by atoms with Gasteiger partial charge in [-0.1, -0.05) is 31.4 Å². The van der Waals surface area contributed by atoms with E-state index in [2.05, 4.69) is 0 Å². The zero-order valence-corrected chi connectivity index (χ0v) is 12.3. The lowest BCUT2D eigenvalue weighted by Gasteiger charge is -2.28. The molecule has 1 aliphatic carbocycles. The second kappa shape index (κ2) is 5.60. The molecular weight excluding hydrogens is 266 g/mol. The van der Waals surface area contributed by atoms with Crippen molar-refractivity contribution in [3.05, 3.63) is 34.9 Å². The first-order valence-electron chi connectivity index (χ1n) is 7.69. The fourth-order valence-electron chi connectivity index (χ4n) is 3.43. The van der Waals surface area contributed by atoms with Crippen LogP contribution >= 0.6 is 0 Å². The maximum atomic E-state index is 12.2. The summed E-state index contributed by atoms with van der Waals surface area (Å²) < 4.78 is 0. The smallest absolute Gasteiger partial charge is 0.260 e. The number of fused-ring (bicyclic) bond motifs is 1. The third-order valence-electron chi connectivity index (χ3n) is 4.82. The van der Waals surface area contributed by atoms with Crippen molar-refractivity contribution in [1.29, 1.82) is 0 Å². The zero-order valence-electron chi connectivity index (χ0n) is 12.3. The Morgan fingerprint density at radius 3 is 2.62 bits per heavy atom. The Morgan fingerprint density at radius 2 is 1.90 bits per heavy atom. The highest BCUT2D eigenvalue weighted by Crippen LogP contribution is 2.35. The van der Waals surface area contributed by atoms with Crippen molar-refractivity contribution in [2.75, 3.05) is 7.05 Å². The number of aliphatic hydroxyl groups excluding tert-OH is 1. The number of aliphatic hydroxyl groups is 1. The molecule has 0 saturated heterocycles. The van der Waals surface area contributed by atoms with Crippen LogP contribution < -0.4 is 0 Å². The minimum atomic E-state index is -0.508. The average Bonchev–Trinajstić information content (AvgIpc) is 2.53. The highest BCUT2D eigenvalue weighted by molar-refractivity contribution is 6.09. The molecule has 4 nitrogen and oxygen atoms in total. The highest BCUT2D eigenvalue weighted by Gasteiger charge is 2.30. The van der Waals surface area contributed by atoms with Gasteiger partial charge in [0.1, 0.15) is 0 Å². The van der Waals surface area contributed by atoms with Crippen molar-refractivity contribution in [1.82, 2.24) is 4.90 Å². The molecule has 2 amide bonds. The molecule has 1 aromatic carbocycles. The van der Waals surface area contributed by atoms with Crippen LogP contribution in [0.1, 0.15) is 59.7 Å². The lowest BCUT2D eigenvalue weighted by Crippen LogP contribution is -2.39. The Hall–Kier alpha value is -1.68. The molecule has 1 N–H and O–H groups in total. The van der Waals surface area contributed by atoms with Crippen LogP contribution in [-0.2, 0) is 11.2 Å². The number of likely N-dealkylation sites (N-methyl/N-ethyl adjacent to an activating group) is 1. The number of amides is 2. The Labute approximate surface area is 124 Å². The number of carbonyl (C=O) groups is 2. The van der Waals surface area contributed by atoms with Gasteiger partial charge in [-0.25, -0.2) is 0 Å². The summed E-state index contributed by atoms with van der Waals surface area (Å²) in [6.45, 7) is 0. The third kappa shape index (κ3) is 2.60. The van der Waals surface area contributed by atoms with Crippen LogP contribution in [0.25, 0.3) is 0 Å². The van der Waals surface area contributed by atoms with Gasteiger partial charge in [0.15, 0.2) is 0 Å². The molecule has 1 aliphatic heterocycles. The summed E-state index contributed by atoms with van der Waals surface area (Å²) in [6.07, 6.45) is 5.43. The van der Waals surface area contributed by atoms with Gasteiger partial charge in [-0.3, -0.25) is 14.5 Å². The van der Waals surface area contributed by atoms with Crippen LogP contribution in [0.15, 0.2) is 18.2 Å². The van der Waals surface area contributed by atoms with Crippen LogP contribution in [-0.4, -0.2) is 28.9 Å². The maximum Gasteiger partial charge on any atom is 0.260 e. The molecule has 1 heterocycles. The van der Waals surface area contributed by atoms with Crippen molar-refractivity contribution >= 4 is 11.8 Å². The first-order valence-corrected chi connectivity index (χ1v) is 7.69. The molecule has 1 atom stereocenters. The maximum absolute atomic E-state index is 12.2. The second-order valence-corrected chi connectivity index (χ2v) is 6.19. The SMILES string of the molecule is CN1C(=O)Cc2ccc(C(O)C3CCCCC3)cc2C1=O. The summed E-state index contributed by atoms with van der Waals surface area (Å²) in [7, 11) is 1.51. The first kappa shape index (κ1) is 14.3. The normalized spacial score (nSPS) is 21.3. The Balaban J connectivity index is 1.88. The van der Waals surface area contributed by atoms with Crippen LogP contribution in [0, 0.1) is 5.92 Å². The number of nitrogens with zero attached hydrogens (tertiary/aromatic N) is 1. The van der Waals surface area contributed by atoms with E-state index in [4.69, 9.17) is 0 Å². The Kier molecular flexibility index (Phi) is 3.81. The van der Waals surface area contributed by atoms with Gasteiger partial charge in [0, 0.05) is 12.6 Å². The van der Waals surface area contributed by atoms with Crippen molar-refractivity contribution in [3.8, 4) is 0 Å². The molecule has 1 aromatic rings. The molecule has 0 bridgehead atoms. The molecule has 0 radical (unpaired) electrons. The number of hydrogen-bond acceptors (Lipinski definition) is 3. The van der Waals surface area contributed by atoms with E-state index in [1.54, 1.807) is 6.07 Å². The fourth-order valence-corrected chi connectivity index (χ4v) is 3.43. The monoisotopic (exact) mass is 287 g/mol. The summed E-state index contributed by atoms with van der Waals surface area (Å²) in [5, 5.41) is 10.6. The summed E-state index contributed by atoms with van der Waals surface area (Å²) >= 11 is 0. The lowest BCUT2D eigenvalue weighted by molar-refractivity contribution is -0.127. The van der Waals surface area contributed by atoms with E-state index in [-0.39, 0.29) is 24.2 Å². The van der Waals surface area contributed by atoms with Gasteiger partial charge in [-0.15, -0.1) is 0 Å². The van der Waals surface area contributed by atoms with Gasteiger partial charge < -0.3 is 5.11 Å². The molecule has 1 fully saturated rings. The molecule has 0 aromatic heterocycles. The van der Waals surface area contributed by atoms with Crippen LogP contribution in [0.5, 0.6) is 0 Å². The topological polar surface area (TPSA) is 57.6 Å². The summed E-state index contributed by atoms with van der Waals surface area (Å²) in [5.41, 5.74) is 2.13. The number of carbonyl (C=O) groups excluding carboxylic acids is 2. The van der Waals surface area contributed by atoms with E-state index in [1.807, 2.05) is 12.1 Å². The van der Waals surface area contributed by atoms with E-state index < -0.39 is 6.10 Å². The number of rotatable bonds is 2. The average molecular weight is 287 g/mol. The second-order valence-electron chi connectivity index (χ2n) is 6.19. The number of hydrogen-bond donors (Lipinski definition) is 1. The van der Waals surface area contributed by atoms with Gasteiger partial charge in [-0.05, 0) is 36.0 Å². The quantitative estimate of drug-likeness (QED) is 0.850. The van der Waals surface area contributed by atoms with Gasteiger partial charge in [0.2, 0.25) is 5.91 Å². The molecule has 0 spiro atoms. The molecule has 21 heavy (non-hydrogen) atoms. The predicted octanol–water partition coefficient (Wildman–Crippen LogP) is 2.46. The lowest BCUT2D eigenvalue weighted by atomic mass is 9.82. The van der Waals surface area contributed by atoms with Gasteiger partial charge in [-0.2, -0.15) is 0 Å². The van der Waals surface area contributed by atoms with E-state index in [9.17, 15) is 14.7 Å². The summed E-state index contributed by atoms with van der Waals surface area (Å²) in [6, 6.07) is 5.46. The fraction of sp³-hybridized carbons (Fsp3) is 0.529. The van der Waals surface area contributed by atoms with E-state index in [0.29, 0.717) is 5.56 Å². The largest absolute Gasteiger partial charge is 0.388 e. The van der Waals surface area contributed by atoms with Gasteiger partial charge in [0.05, 0.1) is 12.5 Å². The number of benzene rings is 1. The standard InChI is InChI=1S/C17H21NO3/c1-18-15(19)10-12-7-8-13(9-14(12)17(18)21)16(20)11-5-3-2-4-6-11/h7-9,11,16,20H,2-6,10H2,1H3. The molecule has 1 saturated carbocycles. The Morgan fingerprint density at radius 1 is 1.19 bits per heavy atom. The van der Waals surface area contributed by atoms with Gasteiger partial charge >= 0.3 is 0 Å². The zero-order chi connectivity index (χ0) is 15.0. The van der Waals surface area contributed by atoms with Crippen molar-refractivity contribution in [3.63, 3.8) is 0 Å². The third-order valence-corrected chi connectivity index (χ3v) is 4.82. The predicted molar refractivity (Wildman–Crippen MR) is 78.8 cm³/mol. The molecule has 112 valence electrons. The van der Waals surface area contributed by atoms with Crippen LogP contribution in [0.2, 0.25) is 0 Å².